The summed E-state index contributed by atoms with van der Waals surface area (Å²) in [5, 5.41) is 0.617. The molecule has 0 aliphatic carbocycles. The third kappa shape index (κ3) is 3.87. The number of rotatable bonds is 6. The van der Waals surface area contributed by atoms with Gasteiger partial charge in [0.25, 0.3) is 0 Å². The van der Waals surface area contributed by atoms with Gasteiger partial charge < -0.3 is 14.3 Å². The maximum atomic E-state index is 13.2. The first-order valence-electron chi connectivity index (χ1n) is 8.77. The molecule has 0 amide bonds. The summed E-state index contributed by atoms with van der Waals surface area (Å²) in [6.45, 7) is 3.27. The SMILES string of the molecule is CCc1ccc(Br)c2[nH]c([S+]([O-])Cc3cccc(OC)c3)c(C(C)=O)c(=O)c12. The molecule has 2 aromatic carbocycles. The Kier molecular flexibility index (Phi) is 6.27. The molecule has 0 bridgehead atoms. The average Bonchev–Trinajstić information content (AvgIpc) is 2.68. The number of ether oxygens (including phenoxy) is 1. The third-order valence-corrected chi connectivity index (χ3v) is 6.57. The summed E-state index contributed by atoms with van der Waals surface area (Å²) in [6, 6.07) is 10.9. The molecule has 0 saturated carbocycles. The van der Waals surface area contributed by atoms with E-state index in [1.54, 1.807) is 19.2 Å². The number of hydrogen-bond donors (Lipinski definition) is 1. The number of nitrogens with one attached hydrogen (secondary N) is 1. The Morgan fingerprint density at radius 2 is 2.04 bits per heavy atom. The number of benzene rings is 2. The number of carbonyl (C=O) groups is 1. The van der Waals surface area contributed by atoms with Crippen LogP contribution in [-0.2, 0) is 23.3 Å². The summed E-state index contributed by atoms with van der Waals surface area (Å²) in [5.41, 5.74) is 1.76. The van der Waals surface area contributed by atoms with Gasteiger partial charge in [-0.15, -0.1) is 0 Å². The Balaban J connectivity index is 2.19. The van der Waals surface area contributed by atoms with Crippen molar-refractivity contribution in [2.45, 2.75) is 31.0 Å². The molecule has 1 aromatic heterocycles. The first kappa shape index (κ1) is 20.6. The largest absolute Gasteiger partial charge is 0.610 e. The predicted molar refractivity (Wildman–Crippen MR) is 115 cm³/mol. The van der Waals surface area contributed by atoms with Gasteiger partial charge in [0, 0.05) is 21.2 Å². The lowest BCUT2D eigenvalue weighted by Gasteiger charge is -2.16. The molecular weight excluding hydrogens is 442 g/mol. The van der Waals surface area contributed by atoms with E-state index in [1.807, 2.05) is 31.2 Å². The fraction of sp³-hybridized carbons (Fsp3) is 0.238. The summed E-state index contributed by atoms with van der Waals surface area (Å²) in [5.74, 6) is 0.409. The van der Waals surface area contributed by atoms with Crippen LogP contribution < -0.4 is 10.2 Å². The molecule has 1 N–H and O–H groups in total. The maximum Gasteiger partial charge on any atom is 0.238 e. The Bertz CT molecular complexity index is 1110. The third-order valence-electron chi connectivity index (χ3n) is 4.55. The molecule has 1 heterocycles. The highest BCUT2D eigenvalue weighted by atomic mass is 79.9. The van der Waals surface area contributed by atoms with Crippen molar-refractivity contribution in [2.24, 2.45) is 0 Å². The highest BCUT2D eigenvalue weighted by Crippen LogP contribution is 2.28. The van der Waals surface area contributed by atoms with Crippen LogP contribution in [0.25, 0.3) is 10.9 Å². The highest BCUT2D eigenvalue weighted by molar-refractivity contribution is 9.10. The van der Waals surface area contributed by atoms with Crippen LogP contribution in [0.3, 0.4) is 0 Å². The molecule has 0 radical (unpaired) electrons. The minimum absolute atomic E-state index is 0.0403. The molecule has 28 heavy (non-hydrogen) atoms. The van der Waals surface area contributed by atoms with Crippen LogP contribution in [-0.4, -0.2) is 22.4 Å². The first-order chi connectivity index (χ1) is 13.4. The van der Waals surface area contributed by atoms with Gasteiger partial charge in [0.1, 0.15) is 17.1 Å². The summed E-state index contributed by atoms with van der Waals surface area (Å²) in [4.78, 5) is 28.6. The molecule has 0 aliphatic heterocycles. The second-order valence-corrected chi connectivity index (χ2v) is 8.61. The second-order valence-electron chi connectivity index (χ2n) is 6.37. The van der Waals surface area contributed by atoms with Crippen molar-refractivity contribution in [1.29, 1.82) is 0 Å². The van der Waals surface area contributed by atoms with Crippen molar-refractivity contribution in [3.8, 4) is 5.75 Å². The van der Waals surface area contributed by atoms with Crippen molar-refractivity contribution in [3.05, 3.63) is 67.8 Å². The van der Waals surface area contributed by atoms with Crippen molar-refractivity contribution in [2.75, 3.05) is 7.11 Å². The quantitative estimate of drug-likeness (QED) is 0.436. The van der Waals surface area contributed by atoms with Crippen molar-refractivity contribution in [1.82, 2.24) is 4.98 Å². The van der Waals surface area contributed by atoms with Crippen LogP contribution in [0.2, 0.25) is 0 Å². The monoisotopic (exact) mass is 461 g/mol. The number of carbonyl (C=O) groups excluding carboxylic acids is 1. The number of Topliss-reactive ketones (excluding diaryl/α,β-unsaturated/α-hetero) is 1. The number of methoxy groups -OCH3 is 1. The van der Waals surface area contributed by atoms with E-state index in [0.717, 1.165) is 11.1 Å². The van der Waals surface area contributed by atoms with Gasteiger partial charge in [-0.2, -0.15) is 0 Å². The standard InChI is InChI=1S/C21H20BrNO4S/c1-4-14-8-9-16(22)19-18(14)20(25)17(12(2)24)21(23-19)28(26)11-13-6-5-7-15(10-13)27-3/h5-10H,4,11H2,1-3H3,(H,23,25). The molecule has 7 heteroatoms. The molecule has 0 saturated heterocycles. The number of aryl methyl sites for hydroxylation is 1. The number of fused-ring (bicyclic) bond motifs is 1. The number of aromatic amines is 1. The van der Waals surface area contributed by atoms with Gasteiger partial charge >= 0.3 is 0 Å². The molecule has 3 aromatic rings. The molecular formula is C21H20BrNO4S. The maximum absolute atomic E-state index is 13.2. The molecule has 3 rings (SSSR count). The Morgan fingerprint density at radius 3 is 2.68 bits per heavy atom. The van der Waals surface area contributed by atoms with Gasteiger partial charge in [0.05, 0.1) is 18.0 Å². The Hall–Kier alpha value is -2.09. The van der Waals surface area contributed by atoms with Gasteiger partial charge in [-0.3, -0.25) is 9.59 Å². The number of aromatic nitrogens is 1. The molecule has 0 spiro atoms. The van der Waals surface area contributed by atoms with E-state index in [9.17, 15) is 14.1 Å². The van der Waals surface area contributed by atoms with E-state index in [2.05, 4.69) is 20.9 Å². The van der Waals surface area contributed by atoms with Gasteiger partial charge in [0.2, 0.25) is 10.5 Å². The lowest BCUT2D eigenvalue weighted by Crippen LogP contribution is -2.23. The number of halogens is 1. The lowest BCUT2D eigenvalue weighted by molar-refractivity contribution is 0.101. The normalized spacial score (nSPS) is 12.2. The van der Waals surface area contributed by atoms with Crippen LogP contribution in [0, 0.1) is 0 Å². The Morgan fingerprint density at radius 1 is 1.29 bits per heavy atom. The van der Waals surface area contributed by atoms with E-state index < -0.39 is 17.0 Å². The topological polar surface area (TPSA) is 82.2 Å². The smallest absolute Gasteiger partial charge is 0.238 e. The molecule has 0 aliphatic rings. The zero-order chi connectivity index (χ0) is 20.4. The van der Waals surface area contributed by atoms with E-state index in [0.29, 0.717) is 27.5 Å². The van der Waals surface area contributed by atoms with E-state index in [-0.39, 0.29) is 21.8 Å². The van der Waals surface area contributed by atoms with E-state index >= 15 is 0 Å². The van der Waals surface area contributed by atoms with Crippen LogP contribution in [0.4, 0.5) is 0 Å². The zero-order valence-corrected chi connectivity index (χ0v) is 18.2. The van der Waals surface area contributed by atoms with Crippen LogP contribution >= 0.6 is 15.9 Å². The van der Waals surface area contributed by atoms with Crippen molar-refractivity contribution < 1.29 is 14.1 Å². The fourth-order valence-electron chi connectivity index (χ4n) is 3.18. The summed E-state index contributed by atoms with van der Waals surface area (Å²) in [7, 11) is 1.56. The summed E-state index contributed by atoms with van der Waals surface area (Å²) in [6.07, 6.45) is 0.649. The minimum Gasteiger partial charge on any atom is -0.610 e. The van der Waals surface area contributed by atoms with Gasteiger partial charge in [0.15, 0.2) is 5.78 Å². The summed E-state index contributed by atoms with van der Waals surface area (Å²) >= 11 is 1.84. The zero-order valence-electron chi connectivity index (χ0n) is 15.8. The molecule has 0 fully saturated rings. The lowest BCUT2D eigenvalue weighted by atomic mass is 10.0. The summed E-state index contributed by atoms with van der Waals surface area (Å²) < 4.78 is 19.0. The van der Waals surface area contributed by atoms with Crippen molar-refractivity contribution >= 4 is 43.8 Å². The van der Waals surface area contributed by atoms with E-state index in [1.165, 1.54) is 6.92 Å². The Labute approximate surface area is 174 Å². The minimum atomic E-state index is -1.61. The molecule has 1 unspecified atom stereocenters. The van der Waals surface area contributed by atoms with Crippen LogP contribution in [0.1, 0.15) is 35.3 Å². The molecule has 146 valence electrons. The van der Waals surface area contributed by atoms with Gasteiger partial charge in [-0.05, 0) is 53.0 Å². The number of pyridine rings is 1. The first-order valence-corrected chi connectivity index (χ1v) is 10.9. The second kappa shape index (κ2) is 8.51. The number of hydrogen-bond acceptors (Lipinski definition) is 4. The number of H-pyrrole nitrogens is 1. The number of ketones is 1. The van der Waals surface area contributed by atoms with Crippen LogP contribution in [0.15, 0.2) is 50.7 Å². The van der Waals surface area contributed by atoms with Gasteiger partial charge in [-0.25, -0.2) is 0 Å². The highest BCUT2D eigenvalue weighted by Gasteiger charge is 2.27. The molecule has 1 atom stereocenters. The molecule has 5 nitrogen and oxygen atoms in total. The fourth-order valence-corrected chi connectivity index (χ4v) is 4.91. The van der Waals surface area contributed by atoms with Crippen LogP contribution in [0.5, 0.6) is 5.75 Å². The van der Waals surface area contributed by atoms with Gasteiger partial charge in [-0.1, -0.05) is 25.1 Å². The predicted octanol–water partition coefficient (Wildman–Crippen LogP) is 4.37. The van der Waals surface area contributed by atoms with E-state index in [4.69, 9.17) is 4.74 Å². The average molecular weight is 462 g/mol. The van der Waals surface area contributed by atoms with Crippen molar-refractivity contribution in [3.63, 3.8) is 0 Å².